The van der Waals surface area contributed by atoms with Crippen molar-refractivity contribution in [2.24, 2.45) is 0 Å². The van der Waals surface area contributed by atoms with Crippen LogP contribution in [0.15, 0.2) is 0 Å². The van der Waals surface area contributed by atoms with Gasteiger partial charge in [0.15, 0.2) is 0 Å². The van der Waals surface area contributed by atoms with Gasteiger partial charge in [-0.15, -0.1) is 0 Å². The standard InChI is InChI=1S/C8H12F3NO2/c9-8(10,11)4-7(13)12-5-6-2-1-3-14-6/h6H,1-5H2,(H,12,13)/t6-/m1/s1. The van der Waals surface area contributed by atoms with E-state index in [9.17, 15) is 18.0 Å². The second-order valence-electron chi connectivity index (χ2n) is 3.23. The minimum Gasteiger partial charge on any atom is -0.376 e. The molecule has 1 amide bonds. The molecule has 1 aliphatic heterocycles. The number of ether oxygens (including phenoxy) is 1. The summed E-state index contributed by atoms with van der Waals surface area (Å²) in [7, 11) is 0. The summed E-state index contributed by atoms with van der Waals surface area (Å²) in [6.45, 7) is 0.800. The molecule has 0 aliphatic carbocycles. The molecule has 6 heteroatoms. The molecule has 0 saturated carbocycles. The lowest BCUT2D eigenvalue weighted by molar-refractivity contribution is -0.154. The number of amides is 1. The molecule has 1 heterocycles. The van der Waals surface area contributed by atoms with Crippen molar-refractivity contribution in [3.8, 4) is 0 Å². The number of halogens is 3. The van der Waals surface area contributed by atoms with Gasteiger partial charge in [0, 0.05) is 13.2 Å². The molecule has 0 radical (unpaired) electrons. The highest BCUT2D eigenvalue weighted by Crippen LogP contribution is 2.19. The Morgan fingerprint density at radius 2 is 2.21 bits per heavy atom. The van der Waals surface area contributed by atoms with Crippen LogP contribution in [0.4, 0.5) is 13.2 Å². The van der Waals surface area contributed by atoms with Crippen molar-refractivity contribution in [3.05, 3.63) is 0 Å². The zero-order valence-electron chi connectivity index (χ0n) is 7.56. The van der Waals surface area contributed by atoms with Crippen LogP contribution in [-0.4, -0.2) is 31.3 Å². The molecule has 1 N–H and O–H groups in total. The van der Waals surface area contributed by atoms with Crippen LogP contribution in [0.2, 0.25) is 0 Å². The lowest BCUT2D eigenvalue weighted by Gasteiger charge is -2.11. The Balaban J connectivity index is 2.14. The van der Waals surface area contributed by atoms with Gasteiger partial charge in [0.25, 0.3) is 0 Å². The minimum absolute atomic E-state index is 0.118. The molecule has 0 aromatic carbocycles. The summed E-state index contributed by atoms with van der Waals surface area (Å²) in [5.41, 5.74) is 0. The van der Waals surface area contributed by atoms with Crippen LogP contribution in [-0.2, 0) is 9.53 Å². The highest BCUT2D eigenvalue weighted by atomic mass is 19.4. The predicted molar refractivity (Wildman–Crippen MR) is 42.7 cm³/mol. The molecule has 14 heavy (non-hydrogen) atoms. The molecule has 1 fully saturated rings. The van der Waals surface area contributed by atoms with Gasteiger partial charge in [-0.2, -0.15) is 13.2 Å². The predicted octanol–water partition coefficient (Wildman–Crippen LogP) is 1.23. The summed E-state index contributed by atoms with van der Waals surface area (Å²) >= 11 is 0. The Morgan fingerprint density at radius 1 is 1.50 bits per heavy atom. The largest absolute Gasteiger partial charge is 0.397 e. The van der Waals surface area contributed by atoms with E-state index in [-0.39, 0.29) is 12.6 Å². The maximum atomic E-state index is 11.7. The number of nitrogens with one attached hydrogen (secondary N) is 1. The van der Waals surface area contributed by atoms with Gasteiger partial charge in [0.05, 0.1) is 6.10 Å². The highest BCUT2D eigenvalue weighted by molar-refractivity contribution is 5.76. The van der Waals surface area contributed by atoms with Gasteiger partial charge < -0.3 is 10.1 Å². The van der Waals surface area contributed by atoms with Crippen molar-refractivity contribution >= 4 is 5.91 Å². The van der Waals surface area contributed by atoms with Gasteiger partial charge in [-0.05, 0) is 12.8 Å². The van der Waals surface area contributed by atoms with Crippen molar-refractivity contribution in [2.45, 2.75) is 31.5 Å². The van der Waals surface area contributed by atoms with Crippen molar-refractivity contribution in [1.82, 2.24) is 5.32 Å². The van der Waals surface area contributed by atoms with Crippen molar-refractivity contribution in [1.29, 1.82) is 0 Å². The van der Waals surface area contributed by atoms with Crippen LogP contribution < -0.4 is 5.32 Å². The Labute approximate surface area is 79.6 Å². The van der Waals surface area contributed by atoms with Crippen LogP contribution in [0.3, 0.4) is 0 Å². The normalized spacial score (nSPS) is 22.4. The fourth-order valence-electron chi connectivity index (χ4n) is 1.28. The van der Waals surface area contributed by atoms with Gasteiger partial charge in [0.1, 0.15) is 6.42 Å². The van der Waals surface area contributed by atoms with Crippen LogP contribution in [0.5, 0.6) is 0 Å². The number of hydrogen-bond acceptors (Lipinski definition) is 2. The van der Waals surface area contributed by atoms with Crippen molar-refractivity contribution in [3.63, 3.8) is 0 Å². The monoisotopic (exact) mass is 211 g/mol. The van der Waals surface area contributed by atoms with E-state index in [1.807, 2.05) is 0 Å². The third-order valence-corrected chi connectivity index (χ3v) is 1.91. The molecular weight excluding hydrogens is 199 g/mol. The van der Waals surface area contributed by atoms with E-state index in [4.69, 9.17) is 4.74 Å². The summed E-state index contributed by atoms with van der Waals surface area (Å²) in [5.74, 6) is -0.993. The molecule has 0 bridgehead atoms. The fourth-order valence-corrected chi connectivity index (χ4v) is 1.28. The summed E-state index contributed by atoms with van der Waals surface area (Å²) in [5, 5.41) is 2.20. The van der Waals surface area contributed by atoms with Gasteiger partial charge in [-0.3, -0.25) is 4.79 Å². The van der Waals surface area contributed by atoms with Crippen molar-refractivity contribution < 1.29 is 22.7 Å². The number of carbonyl (C=O) groups is 1. The topological polar surface area (TPSA) is 38.3 Å². The van der Waals surface area contributed by atoms with Gasteiger partial charge in [-0.25, -0.2) is 0 Å². The highest BCUT2D eigenvalue weighted by Gasteiger charge is 2.31. The molecule has 0 aromatic heterocycles. The number of rotatable bonds is 3. The van der Waals surface area contributed by atoms with E-state index < -0.39 is 18.5 Å². The minimum atomic E-state index is -4.43. The first-order chi connectivity index (χ1) is 6.47. The Morgan fingerprint density at radius 3 is 2.71 bits per heavy atom. The van der Waals surface area contributed by atoms with Crippen molar-refractivity contribution in [2.75, 3.05) is 13.2 Å². The van der Waals surface area contributed by atoms with E-state index in [1.54, 1.807) is 0 Å². The number of hydrogen-bond donors (Lipinski definition) is 1. The van der Waals surface area contributed by atoms with Crippen LogP contribution in [0, 0.1) is 0 Å². The molecule has 0 spiro atoms. The first-order valence-electron chi connectivity index (χ1n) is 4.42. The Bertz CT molecular complexity index is 199. The maximum Gasteiger partial charge on any atom is 0.397 e. The molecule has 1 saturated heterocycles. The second kappa shape index (κ2) is 4.63. The molecule has 1 atom stereocenters. The number of carbonyl (C=O) groups excluding carboxylic acids is 1. The van der Waals surface area contributed by atoms with Gasteiger partial charge >= 0.3 is 6.18 Å². The molecule has 1 aliphatic rings. The third-order valence-electron chi connectivity index (χ3n) is 1.91. The Kier molecular flexibility index (Phi) is 3.74. The van der Waals surface area contributed by atoms with E-state index in [0.717, 1.165) is 12.8 Å². The summed E-state index contributed by atoms with van der Waals surface area (Å²) < 4.78 is 40.3. The smallest absolute Gasteiger partial charge is 0.376 e. The van der Waals surface area contributed by atoms with Crippen LogP contribution in [0.25, 0.3) is 0 Å². The summed E-state index contributed by atoms with van der Waals surface area (Å²) in [6.07, 6.45) is -4.26. The summed E-state index contributed by atoms with van der Waals surface area (Å²) in [6, 6.07) is 0. The lowest BCUT2D eigenvalue weighted by Crippen LogP contribution is -2.34. The lowest BCUT2D eigenvalue weighted by atomic mass is 10.2. The fraction of sp³-hybridized carbons (Fsp3) is 0.875. The zero-order chi connectivity index (χ0) is 10.6. The molecule has 1 rings (SSSR count). The molecule has 0 aromatic rings. The Hall–Kier alpha value is -0.780. The third kappa shape index (κ3) is 4.45. The van der Waals surface area contributed by atoms with Crippen LogP contribution in [0.1, 0.15) is 19.3 Å². The molecule has 82 valence electrons. The first kappa shape index (κ1) is 11.3. The SMILES string of the molecule is O=C(CC(F)(F)F)NC[C@H]1CCCO1. The van der Waals surface area contributed by atoms with E-state index in [1.165, 1.54) is 0 Å². The number of alkyl halides is 3. The van der Waals surface area contributed by atoms with Gasteiger partial charge in [-0.1, -0.05) is 0 Å². The van der Waals surface area contributed by atoms with Gasteiger partial charge in [0.2, 0.25) is 5.91 Å². The average Bonchev–Trinajstić information content (AvgIpc) is 2.49. The van der Waals surface area contributed by atoms with E-state index >= 15 is 0 Å². The quantitative estimate of drug-likeness (QED) is 0.762. The second-order valence-corrected chi connectivity index (χ2v) is 3.23. The average molecular weight is 211 g/mol. The maximum absolute atomic E-state index is 11.7. The first-order valence-corrected chi connectivity index (χ1v) is 4.42. The zero-order valence-corrected chi connectivity index (χ0v) is 7.56. The van der Waals surface area contributed by atoms with Crippen LogP contribution >= 0.6 is 0 Å². The molecule has 0 unspecified atom stereocenters. The molecule has 3 nitrogen and oxygen atoms in total. The summed E-state index contributed by atoms with van der Waals surface area (Å²) in [4.78, 5) is 10.7. The van der Waals surface area contributed by atoms with E-state index in [2.05, 4.69) is 5.32 Å². The molecular formula is C8H12F3NO2. The van der Waals surface area contributed by atoms with E-state index in [0.29, 0.717) is 6.61 Å².